The standard InChI is InChI=1S/C61H75N13O7S/c1-38-54(82-37-65-38)40-21-19-39(20-22-40)34-64-57(79)50-29-42(75)35-74(50)58(80)55(60(2,3)4)69-52(76)17-11-10-12-18-53(77)70-61(5,6)32-41(33-62)56(78)66-46-30-47(51(81-9)31-49(46)73-27-25-71(7)26-28-73)68-59-63-24-23-45(67-59)44-36-72(8)48-16-14-13-15-43(44)48/h13-16,19-24,30-32,36-37,42,50,55,75H,10-12,17-18,25-29,34-35H2,1-9H3,(H,64,79)(H,66,78)(H,69,76)(H,70,77)(H,63,67,68). The van der Waals surface area contributed by atoms with Gasteiger partial charge in [0.15, 0.2) is 0 Å². The van der Waals surface area contributed by atoms with Crippen molar-refractivity contribution in [2.75, 3.05) is 62.4 Å². The number of fused-ring (bicyclic) bond motifs is 1. The van der Waals surface area contributed by atoms with E-state index in [4.69, 9.17) is 9.72 Å². The molecule has 3 atom stereocenters. The minimum Gasteiger partial charge on any atom is -0.494 e. The van der Waals surface area contributed by atoms with E-state index in [-0.39, 0.29) is 55.6 Å². The predicted molar refractivity (Wildman–Crippen MR) is 319 cm³/mol. The van der Waals surface area contributed by atoms with Crippen LogP contribution in [0.25, 0.3) is 32.6 Å². The summed E-state index contributed by atoms with van der Waals surface area (Å²) in [6.07, 6.45) is 5.96. The summed E-state index contributed by atoms with van der Waals surface area (Å²) in [5, 5.41) is 37.1. The highest BCUT2D eigenvalue weighted by atomic mass is 32.1. The van der Waals surface area contributed by atoms with Gasteiger partial charge in [0.2, 0.25) is 29.6 Å². The maximum atomic E-state index is 14.2. The first kappa shape index (κ1) is 59.9. The number of amides is 5. The maximum Gasteiger partial charge on any atom is 0.266 e. The van der Waals surface area contributed by atoms with E-state index >= 15 is 0 Å². The van der Waals surface area contributed by atoms with Crippen LogP contribution < -0.4 is 36.2 Å². The highest BCUT2D eigenvalue weighted by Gasteiger charge is 2.44. The van der Waals surface area contributed by atoms with E-state index in [1.54, 1.807) is 50.1 Å². The molecule has 3 aromatic heterocycles. The van der Waals surface area contributed by atoms with Crippen LogP contribution in [0.4, 0.5) is 23.0 Å². The van der Waals surface area contributed by atoms with Crippen LogP contribution in [0, 0.1) is 23.7 Å². The van der Waals surface area contributed by atoms with Crippen LogP contribution in [-0.2, 0) is 37.6 Å². The Kier molecular flexibility index (Phi) is 19.1. The second-order valence-electron chi connectivity index (χ2n) is 22.8. The Bertz CT molecular complexity index is 3370. The highest BCUT2D eigenvalue weighted by molar-refractivity contribution is 7.13. The van der Waals surface area contributed by atoms with Gasteiger partial charge in [-0.1, -0.05) is 69.7 Å². The van der Waals surface area contributed by atoms with Crippen LogP contribution in [0.2, 0.25) is 0 Å². The van der Waals surface area contributed by atoms with E-state index in [9.17, 15) is 34.3 Å². The van der Waals surface area contributed by atoms with E-state index < -0.39 is 41.0 Å². The second kappa shape index (κ2) is 26.2. The summed E-state index contributed by atoms with van der Waals surface area (Å²) in [5.41, 5.74) is 6.98. The molecule has 2 saturated heterocycles. The molecule has 2 fully saturated rings. The van der Waals surface area contributed by atoms with Crippen molar-refractivity contribution in [3.8, 4) is 33.5 Å². The minimum absolute atomic E-state index is 0.0378. The smallest absolute Gasteiger partial charge is 0.266 e. The number of likely N-dealkylation sites (N-methyl/N-ethyl adjacent to an activating group) is 1. The number of ether oxygens (including phenoxy) is 1. The Labute approximate surface area is 483 Å². The number of piperazine rings is 1. The van der Waals surface area contributed by atoms with E-state index in [0.29, 0.717) is 66.8 Å². The number of aromatic nitrogens is 4. The van der Waals surface area contributed by atoms with Gasteiger partial charge >= 0.3 is 0 Å². The number of aliphatic hydroxyl groups excluding tert-OH is 1. The number of rotatable bonds is 21. The number of β-amino-alcohol motifs (C(OH)–C–C–N with tert-alkyl or cyclic N) is 1. The molecule has 5 heterocycles. The van der Waals surface area contributed by atoms with Crippen LogP contribution in [0.15, 0.2) is 96.3 Å². The fourth-order valence-electron chi connectivity index (χ4n) is 10.4. The number of carbonyl (C=O) groups excluding carboxylic acids is 5. The molecule has 3 aromatic carbocycles. The molecule has 0 spiro atoms. The van der Waals surface area contributed by atoms with E-state index in [2.05, 4.69) is 70.1 Å². The lowest BCUT2D eigenvalue weighted by Crippen LogP contribution is -2.57. The van der Waals surface area contributed by atoms with E-state index in [1.165, 1.54) is 11.0 Å². The van der Waals surface area contributed by atoms with Crippen molar-refractivity contribution in [2.24, 2.45) is 12.5 Å². The number of para-hydroxylation sites is 1. The van der Waals surface area contributed by atoms with Crippen molar-refractivity contribution < 1.29 is 33.8 Å². The third-order valence-electron chi connectivity index (χ3n) is 14.8. The van der Waals surface area contributed by atoms with Crippen LogP contribution in [0.3, 0.4) is 0 Å². The van der Waals surface area contributed by atoms with Gasteiger partial charge in [-0.2, -0.15) is 5.26 Å². The summed E-state index contributed by atoms with van der Waals surface area (Å²) < 4.78 is 7.94. The lowest BCUT2D eigenvalue weighted by Gasteiger charge is -2.35. The summed E-state index contributed by atoms with van der Waals surface area (Å²) >= 11 is 1.56. The Morgan fingerprint density at radius 1 is 0.915 bits per heavy atom. The van der Waals surface area contributed by atoms with Gasteiger partial charge in [-0.25, -0.2) is 15.0 Å². The van der Waals surface area contributed by atoms with Crippen LogP contribution in [-0.4, -0.2) is 135 Å². The molecule has 20 nitrogen and oxygen atoms in total. The third kappa shape index (κ3) is 14.8. The summed E-state index contributed by atoms with van der Waals surface area (Å²) in [4.78, 5) is 89.1. The molecule has 0 radical (unpaired) electrons. The molecule has 8 rings (SSSR count). The Morgan fingerprint density at radius 3 is 2.32 bits per heavy atom. The van der Waals surface area contributed by atoms with Crippen molar-refractivity contribution in [2.45, 2.75) is 110 Å². The Balaban J connectivity index is 0.842. The molecule has 5 amide bonds. The second-order valence-corrected chi connectivity index (χ2v) is 23.7. The topological polar surface area (TPSA) is 252 Å². The van der Waals surface area contributed by atoms with Gasteiger partial charge in [-0.3, -0.25) is 24.0 Å². The molecule has 0 bridgehead atoms. The first-order valence-electron chi connectivity index (χ1n) is 27.7. The SMILES string of the molecule is COc1cc(N2CCN(C)CC2)c(NC(=O)C(C#N)=CC(C)(C)NC(=O)CCCCCC(=O)NC(C(=O)N2CC(O)CC2C(=O)NCc2ccc(-c3scnc3C)cc2)C(C)(C)C)cc1Nc1nccc(-c2cn(C)c3ccccc23)n1. The number of anilines is 4. The molecule has 3 unspecified atom stereocenters. The number of methoxy groups -OCH3 is 1. The molecule has 432 valence electrons. The van der Waals surface area contributed by atoms with E-state index in [0.717, 1.165) is 51.3 Å². The molecule has 82 heavy (non-hydrogen) atoms. The maximum absolute atomic E-state index is 14.2. The van der Waals surface area contributed by atoms with Gasteiger partial charge in [-0.05, 0) is 81.5 Å². The average molecular weight is 1130 g/mol. The van der Waals surface area contributed by atoms with Gasteiger partial charge < -0.3 is 55.7 Å². The number of nitrogens with one attached hydrogen (secondary N) is 5. The monoisotopic (exact) mass is 1130 g/mol. The number of aliphatic hydroxyl groups is 1. The van der Waals surface area contributed by atoms with Crippen molar-refractivity contribution in [1.29, 1.82) is 5.26 Å². The summed E-state index contributed by atoms with van der Waals surface area (Å²) in [6.45, 7) is 14.0. The number of nitriles is 1. The summed E-state index contributed by atoms with van der Waals surface area (Å²) in [5.74, 6) is -1.36. The van der Waals surface area contributed by atoms with Gasteiger partial charge in [0.05, 0.1) is 57.6 Å². The number of benzene rings is 3. The highest BCUT2D eigenvalue weighted by Crippen LogP contribution is 2.40. The molecule has 0 aliphatic carbocycles. The molecular formula is C61H75N13O7S. The Morgan fingerprint density at radius 2 is 1.63 bits per heavy atom. The zero-order valence-corrected chi connectivity index (χ0v) is 49.1. The minimum atomic E-state index is -1.10. The quantitative estimate of drug-likeness (QED) is 0.0231. The lowest BCUT2D eigenvalue weighted by atomic mass is 9.85. The number of carbonyl (C=O) groups is 5. The van der Waals surface area contributed by atoms with Crippen LogP contribution >= 0.6 is 11.3 Å². The van der Waals surface area contributed by atoms with Crippen molar-refractivity contribution in [1.82, 2.24) is 45.3 Å². The molecule has 2 aliphatic rings. The summed E-state index contributed by atoms with van der Waals surface area (Å²) in [6, 6.07) is 21.5. The number of aryl methyl sites for hydroxylation is 2. The number of hydrogen-bond acceptors (Lipinski definition) is 15. The molecule has 6 aromatic rings. The normalized spacial score (nSPS) is 16.3. The first-order chi connectivity index (χ1) is 39.1. The van der Waals surface area contributed by atoms with Crippen LogP contribution in [0.5, 0.6) is 5.75 Å². The molecule has 21 heteroatoms. The van der Waals surface area contributed by atoms with Crippen molar-refractivity contribution >= 4 is 74.8 Å². The van der Waals surface area contributed by atoms with Crippen LogP contribution in [0.1, 0.15) is 84.4 Å². The van der Waals surface area contributed by atoms with E-state index in [1.807, 2.05) is 95.5 Å². The van der Waals surface area contributed by atoms with Gasteiger partial charge in [0.25, 0.3) is 5.91 Å². The average Bonchev–Trinajstić information content (AvgIpc) is 4.04. The van der Waals surface area contributed by atoms with Gasteiger partial charge in [-0.15, -0.1) is 11.3 Å². The van der Waals surface area contributed by atoms with Crippen molar-refractivity contribution in [3.63, 3.8) is 0 Å². The number of thiazole rings is 1. The zero-order valence-electron chi connectivity index (χ0n) is 48.3. The largest absolute Gasteiger partial charge is 0.494 e. The number of nitrogens with zero attached hydrogens (tertiary/aromatic N) is 8. The molecular weight excluding hydrogens is 1060 g/mol. The molecule has 0 saturated carbocycles. The van der Waals surface area contributed by atoms with Crippen molar-refractivity contribution in [3.05, 3.63) is 108 Å². The Hall–Kier alpha value is -8.19. The van der Waals surface area contributed by atoms with Gasteiger partial charge in [0, 0.05) is 101 Å². The first-order valence-corrected chi connectivity index (χ1v) is 28.6. The number of likely N-dealkylation sites (tertiary alicyclic amines) is 1. The zero-order chi connectivity index (χ0) is 58.9. The molecule has 2 aliphatic heterocycles. The lowest BCUT2D eigenvalue weighted by molar-refractivity contribution is -0.144. The fraction of sp³-hybridized carbons (Fsp3) is 0.426. The van der Waals surface area contributed by atoms with Gasteiger partial charge in [0.1, 0.15) is 29.5 Å². The predicted octanol–water partition coefficient (Wildman–Crippen LogP) is 7.61. The molecule has 6 N–H and O–H groups in total. The number of hydrogen-bond donors (Lipinski definition) is 6. The summed E-state index contributed by atoms with van der Waals surface area (Å²) in [7, 11) is 5.61. The number of unbranched alkanes of at least 4 members (excludes halogenated alkanes) is 2. The third-order valence-corrected chi connectivity index (χ3v) is 15.8. The fourth-order valence-corrected chi connectivity index (χ4v) is 11.2.